The molecule has 0 atom stereocenters. The van der Waals surface area contributed by atoms with Crippen molar-refractivity contribution in [2.45, 2.75) is 6.54 Å². The molecule has 0 spiro atoms. The molecule has 1 N–H and O–H groups in total. The first-order valence-corrected chi connectivity index (χ1v) is 8.06. The van der Waals surface area contributed by atoms with Crippen LogP contribution in [0, 0.1) is 0 Å². The smallest absolute Gasteiger partial charge is 0.251 e. The zero-order chi connectivity index (χ0) is 17.1. The molecule has 126 valence electrons. The Labute approximate surface area is 145 Å². The fourth-order valence-electron chi connectivity index (χ4n) is 2.64. The first-order chi connectivity index (χ1) is 12.3. The van der Waals surface area contributed by atoms with Crippen LogP contribution in [0.3, 0.4) is 0 Å². The lowest BCUT2D eigenvalue weighted by Gasteiger charge is -2.18. The Hall–Kier alpha value is -3.28. The van der Waals surface area contributed by atoms with Crippen LogP contribution in [-0.4, -0.2) is 28.9 Å². The molecule has 0 saturated heterocycles. The lowest BCUT2D eigenvalue weighted by Crippen LogP contribution is -2.23. The summed E-state index contributed by atoms with van der Waals surface area (Å²) in [5, 5.41) is 7.22. The predicted molar refractivity (Wildman–Crippen MR) is 92.2 cm³/mol. The van der Waals surface area contributed by atoms with Crippen LogP contribution in [0.25, 0.3) is 5.69 Å². The summed E-state index contributed by atoms with van der Waals surface area (Å²) in [7, 11) is 0. The van der Waals surface area contributed by atoms with Crippen LogP contribution in [0.4, 0.5) is 0 Å². The molecule has 1 aromatic heterocycles. The normalized spacial score (nSPS) is 12.6. The number of benzene rings is 2. The van der Waals surface area contributed by atoms with Crippen molar-refractivity contribution in [1.82, 2.24) is 15.1 Å². The van der Waals surface area contributed by atoms with Gasteiger partial charge in [-0.15, -0.1) is 0 Å². The zero-order valence-electron chi connectivity index (χ0n) is 13.5. The van der Waals surface area contributed by atoms with E-state index in [1.807, 2.05) is 36.5 Å². The number of ether oxygens (including phenoxy) is 2. The van der Waals surface area contributed by atoms with Gasteiger partial charge >= 0.3 is 0 Å². The van der Waals surface area contributed by atoms with Crippen molar-refractivity contribution in [2.24, 2.45) is 0 Å². The van der Waals surface area contributed by atoms with Crippen LogP contribution in [0.1, 0.15) is 15.9 Å². The molecule has 3 aromatic rings. The topological polar surface area (TPSA) is 65.4 Å². The van der Waals surface area contributed by atoms with Crippen molar-refractivity contribution in [3.05, 3.63) is 72.1 Å². The Morgan fingerprint density at radius 2 is 1.88 bits per heavy atom. The van der Waals surface area contributed by atoms with Crippen molar-refractivity contribution in [3.63, 3.8) is 0 Å². The van der Waals surface area contributed by atoms with Gasteiger partial charge in [0.05, 0.1) is 11.9 Å². The van der Waals surface area contributed by atoms with Crippen LogP contribution in [0.5, 0.6) is 11.5 Å². The van der Waals surface area contributed by atoms with Crippen LogP contribution in [0.15, 0.2) is 60.9 Å². The Balaban J connectivity index is 1.41. The first-order valence-electron chi connectivity index (χ1n) is 8.06. The maximum atomic E-state index is 12.3. The van der Waals surface area contributed by atoms with Gasteiger partial charge in [0, 0.05) is 23.9 Å². The van der Waals surface area contributed by atoms with E-state index in [1.165, 1.54) is 0 Å². The molecule has 25 heavy (non-hydrogen) atoms. The highest BCUT2D eigenvalue weighted by molar-refractivity contribution is 5.94. The van der Waals surface area contributed by atoms with Gasteiger partial charge in [-0.25, -0.2) is 4.68 Å². The second kappa shape index (κ2) is 6.68. The van der Waals surface area contributed by atoms with E-state index in [0.29, 0.717) is 36.8 Å². The summed E-state index contributed by atoms with van der Waals surface area (Å²) in [5.74, 6) is 1.12. The van der Waals surface area contributed by atoms with E-state index >= 15 is 0 Å². The van der Waals surface area contributed by atoms with E-state index in [0.717, 1.165) is 11.3 Å². The molecular weight excluding hydrogens is 318 g/mol. The zero-order valence-corrected chi connectivity index (χ0v) is 13.5. The molecule has 0 fully saturated rings. The van der Waals surface area contributed by atoms with Crippen LogP contribution < -0.4 is 14.8 Å². The van der Waals surface area contributed by atoms with Gasteiger partial charge in [-0.3, -0.25) is 4.79 Å². The van der Waals surface area contributed by atoms with Gasteiger partial charge in [0.2, 0.25) is 0 Å². The quantitative estimate of drug-likeness (QED) is 0.796. The molecule has 2 heterocycles. The molecule has 6 heteroatoms. The lowest BCUT2D eigenvalue weighted by atomic mass is 10.1. The van der Waals surface area contributed by atoms with Crippen molar-refractivity contribution in [2.75, 3.05) is 13.2 Å². The number of amides is 1. The largest absolute Gasteiger partial charge is 0.486 e. The van der Waals surface area contributed by atoms with Gasteiger partial charge in [-0.2, -0.15) is 5.10 Å². The number of para-hydroxylation sites is 1. The highest BCUT2D eigenvalue weighted by Crippen LogP contribution is 2.30. The number of hydrogen-bond acceptors (Lipinski definition) is 4. The number of nitrogens with one attached hydrogen (secondary N) is 1. The minimum Gasteiger partial charge on any atom is -0.486 e. The van der Waals surface area contributed by atoms with E-state index < -0.39 is 0 Å². The number of aromatic nitrogens is 2. The minimum absolute atomic E-state index is 0.163. The van der Waals surface area contributed by atoms with Gasteiger partial charge in [-0.1, -0.05) is 18.2 Å². The monoisotopic (exact) mass is 335 g/mol. The first kappa shape index (κ1) is 15.3. The summed E-state index contributed by atoms with van der Waals surface area (Å²) >= 11 is 0. The van der Waals surface area contributed by atoms with Crippen molar-refractivity contribution in [3.8, 4) is 17.2 Å². The molecule has 0 bridgehead atoms. The van der Waals surface area contributed by atoms with Gasteiger partial charge in [0.1, 0.15) is 13.2 Å². The molecule has 0 radical (unpaired) electrons. The van der Waals surface area contributed by atoms with Crippen molar-refractivity contribution < 1.29 is 14.3 Å². The Kier molecular flexibility index (Phi) is 4.08. The van der Waals surface area contributed by atoms with Crippen molar-refractivity contribution >= 4 is 5.91 Å². The lowest BCUT2D eigenvalue weighted by molar-refractivity contribution is 0.0949. The average molecular weight is 335 g/mol. The second-order valence-corrected chi connectivity index (χ2v) is 5.67. The molecule has 4 rings (SSSR count). The SMILES string of the molecule is O=C(NCc1cnn(-c2ccccc2)c1)c1ccc2c(c1)OCCO2. The number of nitrogens with zero attached hydrogens (tertiary/aromatic N) is 2. The van der Waals surface area contributed by atoms with E-state index in [1.54, 1.807) is 29.1 Å². The molecule has 1 amide bonds. The third-order valence-corrected chi connectivity index (χ3v) is 3.91. The summed E-state index contributed by atoms with van der Waals surface area (Å²) in [5.41, 5.74) is 2.45. The van der Waals surface area contributed by atoms with E-state index in [4.69, 9.17) is 9.47 Å². The summed E-state index contributed by atoms with van der Waals surface area (Å²) < 4.78 is 12.8. The third kappa shape index (κ3) is 3.33. The molecule has 1 aliphatic heterocycles. The summed E-state index contributed by atoms with van der Waals surface area (Å²) in [6.07, 6.45) is 3.65. The fraction of sp³-hybridized carbons (Fsp3) is 0.158. The Morgan fingerprint density at radius 3 is 2.72 bits per heavy atom. The number of carbonyl (C=O) groups excluding carboxylic acids is 1. The van der Waals surface area contributed by atoms with Gasteiger partial charge in [-0.05, 0) is 30.3 Å². The number of carbonyl (C=O) groups is 1. The van der Waals surface area contributed by atoms with Crippen LogP contribution in [0.2, 0.25) is 0 Å². The van der Waals surface area contributed by atoms with Crippen molar-refractivity contribution in [1.29, 1.82) is 0 Å². The Bertz CT molecular complexity index is 890. The summed E-state index contributed by atoms with van der Waals surface area (Å²) in [4.78, 5) is 12.3. The number of rotatable bonds is 4. The van der Waals surface area contributed by atoms with Crippen LogP contribution in [-0.2, 0) is 6.54 Å². The molecule has 1 aliphatic rings. The van der Waals surface area contributed by atoms with Gasteiger partial charge in [0.25, 0.3) is 5.91 Å². The molecule has 0 saturated carbocycles. The van der Waals surface area contributed by atoms with E-state index in [-0.39, 0.29) is 5.91 Å². The third-order valence-electron chi connectivity index (χ3n) is 3.91. The maximum absolute atomic E-state index is 12.3. The maximum Gasteiger partial charge on any atom is 0.251 e. The van der Waals surface area contributed by atoms with Gasteiger partial charge < -0.3 is 14.8 Å². The minimum atomic E-state index is -0.163. The van der Waals surface area contributed by atoms with Gasteiger partial charge in [0.15, 0.2) is 11.5 Å². The fourth-order valence-corrected chi connectivity index (χ4v) is 2.64. The highest BCUT2D eigenvalue weighted by atomic mass is 16.6. The average Bonchev–Trinajstić information content (AvgIpc) is 3.15. The molecule has 2 aromatic carbocycles. The molecule has 0 aliphatic carbocycles. The predicted octanol–water partition coefficient (Wildman–Crippen LogP) is 2.57. The highest BCUT2D eigenvalue weighted by Gasteiger charge is 2.15. The van der Waals surface area contributed by atoms with E-state index in [2.05, 4.69) is 10.4 Å². The van der Waals surface area contributed by atoms with Crippen LogP contribution >= 0.6 is 0 Å². The Morgan fingerprint density at radius 1 is 1.08 bits per heavy atom. The summed E-state index contributed by atoms with van der Waals surface area (Å²) in [6.45, 7) is 1.43. The molecule has 0 unspecified atom stereocenters. The second-order valence-electron chi connectivity index (χ2n) is 5.67. The molecule has 6 nitrogen and oxygen atoms in total. The number of hydrogen-bond donors (Lipinski definition) is 1. The van der Waals surface area contributed by atoms with E-state index in [9.17, 15) is 4.79 Å². The standard InChI is InChI=1S/C19H17N3O3/c23-19(15-6-7-17-18(10-15)25-9-8-24-17)20-11-14-12-21-22(13-14)16-4-2-1-3-5-16/h1-7,10,12-13H,8-9,11H2,(H,20,23). The number of fused-ring (bicyclic) bond motifs is 1. The molecular formula is C19H17N3O3. The summed E-state index contributed by atoms with van der Waals surface area (Å²) in [6, 6.07) is 15.0.